The summed E-state index contributed by atoms with van der Waals surface area (Å²) >= 11 is 0. The van der Waals surface area contributed by atoms with Gasteiger partial charge in [-0.05, 0) is 27.2 Å². The molecule has 0 radical (unpaired) electrons. The summed E-state index contributed by atoms with van der Waals surface area (Å²) in [6.45, 7) is 5.32. The van der Waals surface area contributed by atoms with Crippen LogP contribution in [0.5, 0.6) is 0 Å². The fourth-order valence-corrected chi connectivity index (χ4v) is 4.66. The van der Waals surface area contributed by atoms with Crippen LogP contribution >= 0.6 is 0 Å². The van der Waals surface area contributed by atoms with Crippen molar-refractivity contribution in [1.82, 2.24) is 15.5 Å². The van der Waals surface area contributed by atoms with Gasteiger partial charge >= 0.3 is 6.03 Å². The average Bonchev–Trinajstić information content (AvgIpc) is 2.66. The van der Waals surface area contributed by atoms with Crippen molar-refractivity contribution in [2.45, 2.75) is 44.4 Å². The predicted octanol–water partition coefficient (Wildman–Crippen LogP) is -0.779. The zero-order valence-electron chi connectivity index (χ0n) is 15.2. The first-order chi connectivity index (χ1) is 11.4. The van der Waals surface area contributed by atoms with Crippen LogP contribution in [0.15, 0.2) is 0 Å². The Morgan fingerprint density at radius 1 is 1.32 bits per heavy atom. The molecular weight excluding hydrogens is 348 g/mol. The molecule has 9 nitrogen and oxygen atoms in total. The van der Waals surface area contributed by atoms with Crippen LogP contribution in [0.4, 0.5) is 4.79 Å². The Hall–Kier alpha value is -1.84. The maximum absolute atomic E-state index is 12.4. The van der Waals surface area contributed by atoms with E-state index < -0.39 is 26.5 Å². The molecule has 2 atom stereocenters. The molecule has 2 unspecified atom stereocenters. The van der Waals surface area contributed by atoms with Crippen LogP contribution in [0.3, 0.4) is 0 Å². The third-order valence-corrected chi connectivity index (χ3v) is 7.29. The Morgan fingerprint density at radius 2 is 1.92 bits per heavy atom. The molecular formula is C15H28N4O5S. The molecule has 1 rings (SSSR count). The molecule has 4 amide bonds. The fraction of sp³-hybridized carbons (Fsp3) is 0.800. The van der Waals surface area contributed by atoms with Gasteiger partial charge in [-0.3, -0.25) is 9.59 Å². The van der Waals surface area contributed by atoms with E-state index in [1.54, 1.807) is 27.8 Å². The number of nitrogens with two attached hydrogens (primary N) is 1. The van der Waals surface area contributed by atoms with Crippen LogP contribution in [0.1, 0.15) is 33.6 Å². The minimum Gasteiger partial charge on any atom is -0.352 e. The van der Waals surface area contributed by atoms with Gasteiger partial charge in [0, 0.05) is 32.6 Å². The number of hydrogen-bond acceptors (Lipinski definition) is 5. The summed E-state index contributed by atoms with van der Waals surface area (Å²) in [6, 6.07) is -1.02. The van der Waals surface area contributed by atoms with E-state index in [1.165, 1.54) is 4.90 Å². The van der Waals surface area contributed by atoms with Crippen LogP contribution in [0.25, 0.3) is 0 Å². The summed E-state index contributed by atoms with van der Waals surface area (Å²) in [4.78, 5) is 36.4. The van der Waals surface area contributed by atoms with Gasteiger partial charge in [0.1, 0.15) is 0 Å². The Morgan fingerprint density at radius 3 is 2.40 bits per heavy atom. The monoisotopic (exact) mass is 376 g/mol. The van der Waals surface area contributed by atoms with Crippen molar-refractivity contribution in [3.05, 3.63) is 0 Å². The Balaban J connectivity index is 2.51. The van der Waals surface area contributed by atoms with Crippen molar-refractivity contribution >= 4 is 27.7 Å². The molecule has 0 aliphatic carbocycles. The topological polar surface area (TPSA) is 139 Å². The quantitative estimate of drug-likeness (QED) is 0.535. The fourth-order valence-electron chi connectivity index (χ4n) is 2.93. The molecule has 1 heterocycles. The van der Waals surface area contributed by atoms with Crippen LogP contribution in [0, 0.1) is 5.92 Å². The summed E-state index contributed by atoms with van der Waals surface area (Å²) in [5.41, 5.74) is 4.93. The smallest absolute Gasteiger partial charge is 0.312 e. The second-order valence-corrected chi connectivity index (χ2v) is 9.68. The number of likely N-dealkylation sites (N-methyl/N-ethyl adjacent to an activating group) is 1. The van der Waals surface area contributed by atoms with Crippen molar-refractivity contribution < 1.29 is 22.8 Å². The number of carbonyl (C=O) groups is 3. The molecule has 0 spiro atoms. The van der Waals surface area contributed by atoms with Crippen LogP contribution in [0.2, 0.25) is 0 Å². The molecule has 0 bridgehead atoms. The van der Waals surface area contributed by atoms with Crippen LogP contribution in [-0.4, -0.2) is 67.8 Å². The van der Waals surface area contributed by atoms with Gasteiger partial charge < -0.3 is 21.3 Å². The second kappa shape index (κ2) is 8.03. The third-order valence-electron chi connectivity index (χ3n) is 4.63. The summed E-state index contributed by atoms with van der Waals surface area (Å²) < 4.78 is 23.0. The van der Waals surface area contributed by atoms with Gasteiger partial charge in [-0.2, -0.15) is 0 Å². The first kappa shape index (κ1) is 21.2. The van der Waals surface area contributed by atoms with Crippen molar-refractivity contribution in [1.29, 1.82) is 0 Å². The highest BCUT2D eigenvalue weighted by Gasteiger charge is 2.50. The lowest BCUT2D eigenvalue weighted by Gasteiger charge is -2.28. The average molecular weight is 376 g/mol. The predicted molar refractivity (Wildman–Crippen MR) is 93.4 cm³/mol. The molecule has 144 valence electrons. The number of sulfone groups is 1. The molecule has 0 saturated carbocycles. The molecule has 0 aromatic rings. The molecule has 1 fully saturated rings. The van der Waals surface area contributed by atoms with Crippen LogP contribution < -0.4 is 16.4 Å². The Labute approximate surface area is 148 Å². The molecule has 1 aliphatic rings. The number of amides is 4. The van der Waals surface area contributed by atoms with E-state index in [2.05, 4.69) is 10.6 Å². The number of carbonyl (C=O) groups excluding carboxylic acids is 3. The third kappa shape index (κ3) is 5.32. The largest absolute Gasteiger partial charge is 0.352 e. The Kier molecular flexibility index (Phi) is 6.81. The van der Waals surface area contributed by atoms with E-state index >= 15 is 0 Å². The highest BCUT2D eigenvalue weighted by molar-refractivity contribution is 7.93. The molecule has 25 heavy (non-hydrogen) atoms. The van der Waals surface area contributed by atoms with E-state index in [-0.39, 0.29) is 43.1 Å². The summed E-state index contributed by atoms with van der Waals surface area (Å²) in [6.07, 6.45) is 0.412. The molecule has 0 aromatic carbocycles. The maximum atomic E-state index is 12.4. The van der Waals surface area contributed by atoms with Gasteiger partial charge in [0.15, 0.2) is 9.84 Å². The summed E-state index contributed by atoms with van der Waals surface area (Å²) in [7, 11) is -1.68. The number of nitrogens with one attached hydrogen (secondary N) is 2. The molecule has 0 aromatic heterocycles. The highest BCUT2D eigenvalue weighted by Crippen LogP contribution is 2.37. The Bertz CT molecular complexity index is 632. The van der Waals surface area contributed by atoms with Gasteiger partial charge in [0.2, 0.25) is 11.8 Å². The van der Waals surface area contributed by atoms with Crippen molar-refractivity contribution in [2.75, 3.05) is 25.9 Å². The van der Waals surface area contributed by atoms with E-state index in [9.17, 15) is 22.8 Å². The lowest BCUT2D eigenvalue weighted by Crippen LogP contribution is -2.49. The van der Waals surface area contributed by atoms with E-state index in [0.29, 0.717) is 6.42 Å². The molecule has 1 aliphatic heterocycles. The van der Waals surface area contributed by atoms with Gasteiger partial charge in [-0.25, -0.2) is 13.2 Å². The zero-order chi connectivity index (χ0) is 19.4. The lowest BCUT2D eigenvalue weighted by atomic mass is 9.91. The minimum absolute atomic E-state index is 0.0116. The first-order valence-electron chi connectivity index (χ1n) is 8.18. The van der Waals surface area contributed by atoms with E-state index in [4.69, 9.17) is 5.73 Å². The second-order valence-electron chi connectivity index (χ2n) is 6.99. The minimum atomic E-state index is -3.28. The standard InChI is InChI=1S/C15H28N4O5S/c1-10(9-19(4)12(20)5-7-17-14(16)22)18-13(21)11-6-8-25(23,24)15(11,2)3/h10-11H,5-9H2,1-4H3,(H,18,21)(H3,16,17,22). The van der Waals surface area contributed by atoms with Gasteiger partial charge in [0.05, 0.1) is 16.4 Å². The molecule has 10 heteroatoms. The number of primary amides is 1. The number of rotatable bonds is 7. The van der Waals surface area contributed by atoms with Gasteiger partial charge in [0.25, 0.3) is 0 Å². The summed E-state index contributed by atoms with van der Waals surface area (Å²) in [5.74, 6) is -1.09. The number of urea groups is 1. The molecule has 1 saturated heterocycles. The normalized spacial score (nSPS) is 22.0. The van der Waals surface area contributed by atoms with Crippen molar-refractivity contribution in [3.8, 4) is 0 Å². The SMILES string of the molecule is CC(CN(C)C(=O)CCNC(N)=O)NC(=O)C1CCS(=O)(=O)C1(C)C. The van der Waals surface area contributed by atoms with Crippen LogP contribution in [-0.2, 0) is 19.4 Å². The lowest BCUT2D eigenvalue weighted by molar-refractivity contribution is -0.131. The number of nitrogens with zero attached hydrogens (tertiary/aromatic N) is 1. The zero-order valence-corrected chi connectivity index (χ0v) is 16.0. The van der Waals surface area contributed by atoms with Crippen molar-refractivity contribution in [2.24, 2.45) is 11.7 Å². The van der Waals surface area contributed by atoms with Gasteiger partial charge in [-0.15, -0.1) is 0 Å². The first-order valence-corrected chi connectivity index (χ1v) is 9.83. The summed E-state index contributed by atoms with van der Waals surface area (Å²) in [5, 5.41) is 5.12. The molecule has 4 N–H and O–H groups in total. The van der Waals surface area contributed by atoms with E-state index in [1.807, 2.05) is 0 Å². The van der Waals surface area contributed by atoms with Gasteiger partial charge in [-0.1, -0.05) is 0 Å². The maximum Gasteiger partial charge on any atom is 0.312 e. The van der Waals surface area contributed by atoms with E-state index in [0.717, 1.165) is 0 Å². The highest BCUT2D eigenvalue weighted by atomic mass is 32.2. The number of hydrogen-bond donors (Lipinski definition) is 3. The van der Waals surface area contributed by atoms with Crippen molar-refractivity contribution in [3.63, 3.8) is 0 Å².